The summed E-state index contributed by atoms with van der Waals surface area (Å²) in [6, 6.07) is 5.77. The first-order valence-electron chi connectivity index (χ1n) is 5.93. The van der Waals surface area contributed by atoms with Crippen LogP contribution in [-0.2, 0) is 4.79 Å². The number of hydrogen-bond donors (Lipinski definition) is 3. The van der Waals surface area contributed by atoms with Crippen molar-refractivity contribution in [2.24, 2.45) is 0 Å². The Labute approximate surface area is 129 Å². The van der Waals surface area contributed by atoms with Crippen LogP contribution in [-0.4, -0.2) is 26.7 Å². The molecule has 0 saturated heterocycles. The largest absolute Gasteiger partial charge is 0.506 e. The summed E-state index contributed by atoms with van der Waals surface area (Å²) >= 11 is 6.80. The second-order valence-corrected chi connectivity index (χ2v) is 5.59. The van der Waals surface area contributed by atoms with E-state index >= 15 is 0 Å². The molecule has 0 radical (unpaired) electrons. The van der Waals surface area contributed by atoms with E-state index in [9.17, 15) is 14.7 Å². The third-order valence-electron chi connectivity index (χ3n) is 2.42. The third kappa shape index (κ3) is 4.51. The average Bonchev–Trinajstić information content (AvgIpc) is 2.39. The highest BCUT2D eigenvalue weighted by molar-refractivity contribution is 7.99. The minimum absolute atomic E-state index is 0.0501. The molecule has 0 atom stereocenters. The topological polar surface area (TPSA) is 95.1 Å². The van der Waals surface area contributed by atoms with Crippen LogP contribution in [0.1, 0.15) is 5.69 Å². The summed E-state index contributed by atoms with van der Waals surface area (Å²) in [5, 5.41) is 12.9. The average molecular weight is 326 g/mol. The van der Waals surface area contributed by atoms with Crippen molar-refractivity contribution in [2.45, 2.75) is 12.1 Å². The predicted molar refractivity (Wildman–Crippen MR) is 82.1 cm³/mol. The van der Waals surface area contributed by atoms with E-state index < -0.39 is 0 Å². The van der Waals surface area contributed by atoms with Gasteiger partial charge in [0.1, 0.15) is 5.75 Å². The lowest BCUT2D eigenvalue weighted by molar-refractivity contribution is -0.113. The Balaban J connectivity index is 1.97. The number of carbonyl (C=O) groups excluding carboxylic acids is 1. The van der Waals surface area contributed by atoms with Crippen LogP contribution < -0.4 is 10.9 Å². The van der Waals surface area contributed by atoms with Gasteiger partial charge in [0.2, 0.25) is 5.91 Å². The fraction of sp³-hybridized carbons (Fsp3) is 0.154. The van der Waals surface area contributed by atoms with E-state index in [2.05, 4.69) is 15.3 Å². The summed E-state index contributed by atoms with van der Waals surface area (Å²) in [5.74, 6) is -0.390. The number of aryl methyl sites for hydroxylation is 1. The molecule has 0 spiro atoms. The molecular formula is C13H12ClN3O3S. The number of nitrogens with one attached hydrogen (secondary N) is 2. The minimum Gasteiger partial charge on any atom is -0.506 e. The molecule has 0 aliphatic heterocycles. The Morgan fingerprint density at radius 2 is 2.24 bits per heavy atom. The second-order valence-electron chi connectivity index (χ2n) is 4.19. The Morgan fingerprint density at radius 1 is 1.48 bits per heavy atom. The summed E-state index contributed by atoms with van der Waals surface area (Å²) in [6.45, 7) is 1.70. The van der Waals surface area contributed by atoms with Crippen LogP contribution in [0.2, 0.25) is 5.02 Å². The van der Waals surface area contributed by atoms with Gasteiger partial charge in [-0.3, -0.25) is 9.59 Å². The number of aromatic hydroxyl groups is 1. The molecule has 0 saturated carbocycles. The zero-order valence-corrected chi connectivity index (χ0v) is 12.6. The third-order valence-corrected chi connectivity index (χ3v) is 3.53. The highest BCUT2D eigenvalue weighted by atomic mass is 35.5. The number of thioether (sulfide) groups is 1. The molecule has 3 N–H and O–H groups in total. The van der Waals surface area contributed by atoms with Crippen LogP contribution in [0.4, 0.5) is 5.69 Å². The van der Waals surface area contributed by atoms with Crippen LogP contribution in [0, 0.1) is 6.92 Å². The van der Waals surface area contributed by atoms with Gasteiger partial charge in [-0.2, -0.15) is 0 Å². The quantitative estimate of drug-likeness (QED) is 0.455. The second kappa shape index (κ2) is 6.64. The van der Waals surface area contributed by atoms with Gasteiger partial charge in [0, 0.05) is 22.8 Å². The smallest absolute Gasteiger partial charge is 0.251 e. The summed E-state index contributed by atoms with van der Waals surface area (Å²) in [6.07, 6.45) is 0. The monoisotopic (exact) mass is 325 g/mol. The summed E-state index contributed by atoms with van der Waals surface area (Å²) in [5.41, 5.74) is 0.591. The molecule has 21 heavy (non-hydrogen) atoms. The minimum atomic E-state index is -0.332. The van der Waals surface area contributed by atoms with E-state index in [0.717, 1.165) is 11.8 Å². The molecule has 0 unspecified atom stereocenters. The molecule has 2 rings (SSSR count). The number of nitrogens with zero attached hydrogens (tertiary/aromatic N) is 1. The van der Waals surface area contributed by atoms with Crippen molar-refractivity contribution in [2.75, 3.05) is 11.1 Å². The standard InChI is InChI=1S/C13H12ClN3O3S/c1-7-4-11(19)17-13(15-7)21-6-12(20)16-9-3-2-8(14)5-10(9)18/h2-5,18H,6H2,1H3,(H,16,20)(H,15,17,19). The molecule has 2 aromatic rings. The number of H-pyrrole nitrogens is 1. The fourth-order valence-corrected chi connectivity index (χ4v) is 2.44. The van der Waals surface area contributed by atoms with Crippen LogP contribution in [0.5, 0.6) is 5.75 Å². The maximum atomic E-state index is 11.8. The summed E-state index contributed by atoms with van der Waals surface area (Å²) in [4.78, 5) is 29.7. The first kappa shape index (κ1) is 15.4. The van der Waals surface area contributed by atoms with Gasteiger partial charge < -0.3 is 15.4 Å². The molecular weight excluding hydrogens is 314 g/mol. The fourth-order valence-electron chi connectivity index (χ4n) is 1.55. The summed E-state index contributed by atoms with van der Waals surface area (Å²) in [7, 11) is 0. The van der Waals surface area contributed by atoms with Gasteiger partial charge in [0.15, 0.2) is 5.16 Å². The highest BCUT2D eigenvalue weighted by Gasteiger charge is 2.09. The summed E-state index contributed by atoms with van der Waals surface area (Å²) < 4.78 is 0. The zero-order valence-electron chi connectivity index (χ0n) is 11.0. The van der Waals surface area contributed by atoms with Crippen LogP contribution in [0.25, 0.3) is 0 Å². The maximum Gasteiger partial charge on any atom is 0.251 e. The first-order valence-corrected chi connectivity index (χ1v) is 7.29. The van der Waals surface area contributed by atoms with Crippen molar-refractivity contribution < 1.29 is 9.90 Å². The van der Waals surface area contributed by atoms with E-state index in [1.54, 1.807) is 13.0 Å². The number of phenolic OH excluding ortho intramolecular Hbond substituents is 1. The van der Waals surface area contributed by atoms with E-state index in [4.69, 9.17) is 11.6 Å². The Kier molecular flexibility index (Phi) is 4.87. The predicted octanol–water partition coefficient (Wildman–Crippen LogP) is 2.17. The Morgan fingerprint density at radius 3 is 2.90 bits per heavy atom. The molecule has 110 valence electrons. The normalized spacial score (nSPS) is 10.4. The van der Waals surface area contributed by atoms with Crippen LogP contribution in [0.15, 0.2) is 34.2 Å². The van der Waals surface area contributed by atoms with Crippen molar-refractivity contribution in [1.29, 1.82) is 0 Å². The van der Waals surface area contributed by atoms with Crippen molar-refractivity contribution in [1.82, 2.24) is 9.97 Å². The number of benzene rings is 1. The van der Waals surface area contributed by atoms with Gasteiger partial charge in [0.05, 0.1) is 11.4 Å². The number of phenols is 1. The van der Waals surface area contributed by atoms with Crippen molar-refractivity contribution in [3.05, 3.63) is 45.3 Å². The van der Waals surface area contributed by atoms with E-state index in [1.807, 2.05) is 0 Å². The number of hydrogen-bond acceptors (Lipinski definition) is 5. The molecule has 1 heterocycles. The lowest BCUT2D eigenvalue weighted by atomic mass is 10.3. The number of carbonyl (C=O) groups is 1. The maximum absolute atomic E-state index is 11.8. The van der Waals surface area contributed by atoms with E-state index in [0.29, 0.717) is 15.9 Å². The Hall–Kier alpha value is -1.99. The first-order chi connectivity index (χ1) is 9.94. The molecule has 8 heteroatoms. The highest BCUT2D eigenvalue weighted by Crippen LogP contribution is 2.26. The van der Waals surface area contributed by atoms with E-state index in [-0.39, 0.29) is 28.7 Å². The molecule has 0 aliphatic carbocycles. The number of amides is 1. The van der Waals surface area contributed by atoms with Crippen molar-refractivity contribution in [3.8, 4) is 5.75 Å². The van der Waals surface area contributed by atoms with Gasteiger partial charge in [-0.15, -0.1) is 0 Å². The molecule has 6 nitrogen and oxygen atoms in total. The SMILES string of the molecule is Cc1cc(=O)[nH]c(SCC(=O)Nc2ccc(Cl)cc2O)n1. The lowest BCUT2D eigenvalue weighted by Crippen LogP contribution is -2.15. The number of rotatable bonds is 4. The number of aromatic amines is 1. The number of halogens is 1. The molecule has 1 aromatic heterocycles. The van der Waals surface area contributed by atoms with Crippen LogP contribution >= 0.6 is 23.4 Å². The zero-order chi connectivity index (χ0) is 15.4. The Bertz CT molecular complexity index is 733. The van der Waals surface area contributed by atoms with Gasteiger partial charge in [-0.05, 0) is 19.1 Å². The van der Waals surface area contributed by atoms with Crippen LogP contribution in [0.3, 0.4) is 0 Å². The van der Waals surface area contributed by atoms with Gasteiger partial charge in [-0.1, -0.05) is 23.4 Å². The van der Waals surface area contributed by atoms with Crippen molar-refractivity contribution >= 4 is 35.0 Å². The van der Waals surface area contributed by atoms with Gasteiger partial charge in [-0.25, -0.2) is 4.98 Å². The number of aromatic nitrogens is 2. The van der Waals surface area contributed by atoms with Gasteiger partial charge in [0.25, 0.3) is 5.56 Å². The van der Waals surface area contributed by atoms with Crippen molar-refractivity contribution in [3.63, 3.8) is 0 Å². The molecule has 0 aliphatic rings. The van der Waals surface area contributed by atoms with Gasteiger partial charge >= 0.3 is 0 Å². The molecule has 1 aromatic carbocycles. The number of anilines is 1. The van der Waals surface area contributed by atoms with E-state index in [1.165, 1.54) is 18.2 Å². The molecule has 0 fully saturated rings. The molecule has 0 bridgehead atoms. The lowest BCUT2D eigenvalue weighted by Gasteiger charge is -2.07. The molecule has 1 amide bonds.